The number of nitrogens with zero attached hydrogens (tertiary/aromatic N) is 2. The lowest BCUT2D eigenvalue weighted by Gasteiger charge is -2.35. The van der Waals surface area contributed by atoms with Gasteiger partial charge in [-0.2, -0.15) is 0 Å². The van der Waals surface area contributed by atoms with Crippen LogP contribution in [0.1, 0.15) is 21.5 Å². The molecule has 132 valence electrons. The van der Waals surface area contributed by atoms with Crippen molar-refractivity contribution in [2.24, 2.45) is 0 Å². The Morgan fingerprint density at radius 3 is 2.56 bits per heavy atom. The van der Waals surface area contributed by atoms with Gasteiger partial charge in [0.25, 0.3) is 5.91 Å². The van der Waals surface area contributed by atoms with Crippen molar-refractivity contribution in [3.8, 4) is 5.75 Å². The minimum Gasteiger partial charge on any atom is -0.496 e. The van der Waals surface area contributed by atoms with Crippen molar-refractivity contribution >= 4 is 17.5 Å². The number of halogens is 1. The fourth-order valence-corrected chi connectivity index (χ4v) is 3.37. The predicted molar refractivity (Wildman–Crippen MR) is 100 cm³/mol. The second kappa shape index (κ2) is 7.89. The van der Waals surface area contributed by atoms with E-state index >= 15 is 0 Å². The number of aryl methyl sites for hydroxylation is 1. The topological polar surface area (TPSA) is 32.8 Å². The molecular weight excluding hydrogens is 336 g/mol. The first-order valence-electron chi connectivity index (χ1n) is 8.47. The van der Waals surface area contributed by atoms with Gasteiger partial charge in [-0.05, 0) is 36.8 Å². The van der Waals surface area contributed by atoms with Gasteiger partial charge in [-0.15, -0.1) is 0 Å². The van der Waals surface area contributed by atoms with E-state index in [9.17, 15) is 4.79 Å². The summed E-state index contributed by atoms with van der Waals surface area (Å²) >= 11 is 6.05. The van der Waals surface area contributed by atoms with E-state index in [4.69, 9.17) is 16.3 Å². The molecular formula is C20H23ClN2O2. The lowest BCUT2D eigenvalue weighted by atomic mass is 10.1. The summed E-state index contributed by atoms with van der Waals surface area (Å²) in [6.07, 6.45) is 0. The molecule has 1 aliphatic heterocycles. The van der Waals surface area contributed by atoms with Crippen molar-refractivity contribution in [3.63, 3.8) is 0 Å². The van der Waals surface area contributed by atoms with Crippen LogP contribution in [0.2, 0.25) is 5.02 Å². The molecule has 0 saturated carbocycles. The van der Waals surface area contributed by atoms with E-state index in [0.717, 1.165) is 43.3 Å². The highest BCUT2D eigenvalue weighted by atomic mass is 35.5. The van der Waals surface area contributed by atoms with Crippen LogP contribution in [0, 0.1) is 6.92 Å². The normalized spacial score (nSPS) is 15.2. The molecule has 0 N–H and O–H groups in total. The average Bonchev–Trinajstić information content (AvgIpc) is 2.62. The van der Waals surface area contributed by atoms with Crippen molar-refractivity contribution in [2.45, 2.75) is 13.5 Å². The summed E-state index contributed by atoms with van der Waals surface area (Å²) in [5, 5.41) is 0.762. The number of piperazine rings is 1. The molecule has 1 amide bonds. The molecule has 3 rings (SSSR count). The first kappa shape index (κ1) is 17.8. The monoisotopic (exact) mass is 358 g/mol. The third kappa shape index (κ3) is 4.33. The van der Waals surface area contributed by atoms with Gasteiger partial charge in [0.2, 0.25) is 0 Å². The van der Waals surface area contributed by atoms with E-state index in [1.165, 1.54) is 5.56 Å². The Morgan fingerprint density at radius 1 is 1.12 bits per heavy atom. The highest BCUT2D eigenvalue weighted by Crippen LogP contribution is 2.22. The maximum absolute atomic E-state index is 12.9. The number of rotatable bonds is 4. The number of hydrogen-bond donors (Lipinski definition) is 0. The van der Waals surface area contributed by atoms with Crippen LogP contribution in [0.3, 0.4) is 0 Å². The molecule has 1 saturated heterocycles. The third-order valence-electron chi connectivity index (χ3n) is 4.54. The van der Waals surface area contributed by atoms with E-state index < -0.39 is 0 Å². The van der Waals surface area contributed by atoms with E-state index in [0.29, 0.717) is 11.3 Å². The van der Waals surface area contributed by atoms with Gasteiger partial charge >= 0.3 is 0 Å². The Bertz CT molecular complexity index is 755. The first-order valence-corrected chi connectivity index (χ1v) is 8.85. The van der Waals surface area contributed by atoms with Crippen molar-refractivity contribution < 1.29 is 9.53 Å². The predicted octanol–water partition coefficient (Wildman–Crippen LogP) is 3.62. The molecule has 1 fully saturated rings. The number of methoxy groups -OCH3 is 1. The summed E-state index contributed by atoms with van der Waals surface area (Å²) in [5.74, 6) is 0.680. The smallest absolute Gasteiger partial charge is 0.257 e. The zero-order valence-corrected chi connectivity index (χ0v) is 15.4. The van der Waals surface area contributed by atoms with E-state index in [2.05, 4.69) is 11.0 Å². The molecule has 0 unspecified atom stereocenters. The van der Waals surface area contributed by atoms with Crippen molar-refractivity contribution in [2.75, 3.05) is 33.3 Å². The minimum absolute atomic E-state index is 0.0444. The molecule has 1 aliphatic rings. The average molecular weight is 359 g/mol. The highest BCUT2D eigenvalue weighted by Gasteiger charge is 2.24. The maximum Gasteiger partial charge on any atom is 0.257 e. The van der Waals surface area contributed by atoms with Gasteiger partial charge in [-0.1, -0.05) is 35.4 Å². The van der Waals surface area contributed by atoms with Gasteiger partial charge < -0.3 is 9.64 Å². The molecule has 2 aromatic rings. The lowest BCUT2D eigenvalue weighted by molar-refractivity contribution is 0.0625. The molecule has 25 heavy (non-hydrogen) atoms. The fourth-order valence-electron chi connectivity index (χ4n) is 3.16. The number of amides is 1. The van der Waals surface area contributed by atoms with E-state index in [1.807, 2.05) is 48.2 Å². The van der Waals surface area contributed by atoms with Gasteiger partial charge in [0.05, 0.1) is 12.7 Å². The molecule has 0 bridgehead atoms. The van der Waals surface area contributed by atoms with Crippen molar-refractivity contribution in [1.29, 1.82) is 0 Å². The number of benzene rings is 2. The van der Waals surface area contributed by atoms with Crippen LogP contribution in [-0.2, 0) is 6.54 Å². The van der Waals surface area contributed by atoms with Crippen LogP contribution in [0.4, 0.5) is 0 Å². The second-order valence-electron chi connectivity index (χ2n) is 6.40. The van der Waals surface area contributed by atoms with Gasteiger partial charge in [0.1, 0.15) is 5.75 Å². The molecule has 1 heterocycles. The number of ether oxygens (including phenoxy) is 1. The zero-order valence-electron chi connectivity index (χ0n) is 14.7. The maximum atomic E-state index is 12.9. The summed E-state index contributed by atoms with van der Waals surface area (Å²) < 4.78 is 5.35. The standard InChI is InChI=1S/C20H23ClN2O2/c1-15-6-7-19(25-2)18(12-15)20(24)23-10-8-22(9-11-23)14-16-4-3-5-17(21)13-16/h3-7,12-13H,8-11,14H2,1-2H3. The van der Waals surface area contributed by atoms with Crippen LogP contribution < -0.4 is 4.74 Å². The quantitative estimate of drug-likeness (QED) is 0.837. The number of carbonyl (C=O) groups excluding carboxylic acids is 1. The molecule has 0 aliphatic carbocycles. The van der Waals surface area contributed by atoms with Gasteiger partial charge in [0, 0.05) is 37.7 Å². The lowest BCUT2D eigenvalue weighted by Crippen LogP contribution is -2.48. The van der Waals surface area contributed by atoms with Crippen molar-refractivity contribution in [1.82, 2.24) is 9.80 Å². The number of carbonyl (C=O) groups is 1. The molecule has 0 radical (unpaired) electrons. The van der Waals surface area contributed by atoms with Crippen molar-refractivity contribution in [3.05, 3.63) is 64.2 Å². The van der Waals surface area contributed by atoms with Crippen LogP contribution >= 0.6 is 11.6 Å². The summed E-state index contributed by atoms with van der Waals surface area (Å²) in [7, 11) is 1.60. The molecule has 2 aromatic carbocycles. The van der Waals surface area contributed by atoms with E-state index in [-0.39, 0.29) is 5.91 Å². The summed E-state index contributed by atoms with van der Waals surface area (Å²) in [6, 6.07) is 13.7. The van der Waals surface area contributed by atoms with Gasteiger partial charge in [-0.3, -0.25) is 9.69 Å². The summed E-state index contributed by atoms with van der Waals surface area (Å²) in [6.45, 7) is 5.99. The van der Waals surface area contributed by atoms with Gasteiger partial charge in [-0.25, -0.2) is 0 Å². The third-order valence-corrected chi connectivity index (χ3v) is 4.78. The molecule has 0 spiro atoms. The number of hydrogen-bond acceptors (Lipinski definition) is 3. The largest absolute Gasteiger partial charge is 0.496 e. The SMILES string of the molecule is COc1ccc(C)cc1C(=O)N1CCN(Cc2cccc(Cl)c2)CC1. The highest BCUT2D eigenvalue weighted by molar-refractivity contribution is 6.30. The van der Waals surface area contributed by atoms with Gasteiger partial charge in [0.15, 0.2) is 0 Å². The Morgan fingerprint density at radius 2 is 1.88 bits per heavy atom. The first-order chi connectivity index (χ1) is 12.1. The Hall–Kier alpha value is -2.04. The Labute approximate surface area is 154 Å². The summed E-state index contributed by atoms with van der Waals surface area (Å²) in [5.41, 5.74) is 2.90. The Kier molecular flexibility index (Phi) is 5.61. The van der Waals surface area contributed by atoms with Crippen LogP contribution in [0.25, 0.3) is 0 Å². The van der Waals surface area contributed by atoms with Crippen LogP contribution in [0.15, 0.2) is 42.5 Å². The Balaban J connectivity index is 1.62. The van der Waals surface area contributed by atoms with E-state index in [1.54, 1.807) is 7.11 Å². The fraction of sp³-hybridized carbons (Fsp3) is 0.350. The van der Waals surface area contributed by atoms with Crippen LogP contribution in [-0.4, -0.2) is 49.0 Å². The molecule has 4 nitrogen and oxygen atoms in total. The molecule has 0 aromatic heterocycles. The molecule has 5 heteroatoms. The minimum atomic E-state index is 0.0444. The zero-order chi connectivity index (χ0) is 17.8. The van der Waals surface area contributed by atoms with Crippen LogP contribution in [0.5, 0.6) is 5.75 Å². The molecule has 0 atom stereocenters. The second-order valence-corrected chi connectivity index (χ2v) is 6.84. The summed E-state index contributed by atoms with van der Waals surface area (Å²) in [4.78, 5) is 17.1.